The Hall–Kier alpha value is -1.55. The first-order valence-corrected chi connectivity index (χ1v) is 6.97. The second-order valence-corrected chi connectivity index (χ2v) is 4.41. The highest BCUT2D eigenvalue weighted by Gasteiger charge is 2.06. The van der Waals surface area contributed by atoms with Gasteiger partial charge in [0.25, 0.3) is 5.91 Å². The van der Waals surface area contributed by atoms with Crippen LogP contribution in [0.1, 0.15) is 37.0 Å². The van der Waals surface area contributed by atoms with Crippen LogP contribution in [0.3, 0.4) is 0 Å². The Bertz CT molecular complexity index is 372. The molecule has 1 amide bonds. The van der Waals surface area contributed by atoms with Crippen LogP contribution < -0.4 is 10.2 Å². The third kappa shape index (κ3) is 4.91. The number of nitrogens with zero attached hydrogens (tertiary/aromatic N) is 1. The van der Waals surface area contributed by atoms with Crippen LogP contribution in [0, 0.1) is 0 Å². The van der Waals surface area contributed by atoms with Crippen molar-refractivity contribution in [3.8, 4) is 0 Å². The van der Waals surface area contributed by atoms with Gasteiger partial charge in [0.05, 0.1) is 0 Å². The molecule has 0 atom stereocenters. The second kappa shape index (κ2) is 8.53. The van der Waals surface area contributed by atoms with Crippen LogP contribution in [-0.4, -0.2) is 37.3 Å². The molecule has 0 aliphatic rings. The highest BCUT2D eigenvalue weighted by Crippen LogP contribution is 2.14. The van der Waals surface area contributed by atoms with Gasteiger partial charge in [-0.1, -0.05) is 0 Å². The van der Waals surface area contributed by atoms with Crippen molar-refractivity contribution < 1.29 is 9.90 Å². The van der Waals surface area contributed by atoms with E-state index in [0.717, 1.165) is 31.6 Å². The molecule has 0 spiro atoms. The summed E-state index contributed by atoms with van der Waals surface area (Å²) in [4.78, 5) is 14.1. The van der Waals surface area contributed by atoms with Crippen LogP contribution in [0.2, 0.25) is 0 Å². The van der Waals surface area contributed by atoms with Gasteiger partial charge in [0.2, 0.25) is 0 Å². The smallest absolute Gasteiger partial charge is 0.251 e. The quantitative estimate of drug-likeness (QED) is 0.706. The second-order valence-electron chi connectivity index (χ2n) is 4.41. The van der Waals surface area contributed by atoms with Gasteiger partial charge in [-0.15, -0.1) is 0 Å². The number of aliphatic hydroxyl groups is 1. The first kappa shape index (κ1) is 15.5. The van der Waals surface area contributed by atoms with E-state index in [4.69, 9.17) is 5.11 Å². The Balaban J connectivity index is 2.53. The largest absolute Gasteiger partial charge is 0.396 e. The van der Waals surface area contributed by atoms with E-state index in [1.807, 2.05) is 24.3 Å². The number of amides is 1. The summed E-state index contributed by atoms with van der Waals surface area (Å²) in [5.41, 5.74) is 1.82. The van der Waals surface area contributed by atoms with Crippen molar-refractivity contribution in [2.24, 2.45) is 0 Å². The predicted octanol–water partition coefficient (Wildman–Crippen LogP) is 2.04. The zero-order valence-electron chi connectivity index (χ0n) is 11.9. The molecule has 1 aromatic rings. The SMILES string of the molecule is CCN(CC)c1ccc(C(=O)NCCCCO)cc1. The van der Waals surface area contributed by atoms with Gasteiger partial charge in [-0.2, -0.15) is 0 Å². The van der Waals surface area contributed by atoms with E-state index in [-0.39, 0.29) is 12.5 Å². The molecule has 0 bridgehead atoms. The average Bonchev–Trinajstić information content (AvgIpc) is 2.45. The molecule has 0 fully saturated rings. The lowest BCUT2D eigenvalue weighted by atomic mass is 10.1. The fourth-order valence-corrected chi connectivity index (χ4v) is 1.95. The monoisotopic (exact) mass is 264 g/mol. The van der Waals surface area contributed by atoms with Crippen molar-refractivity contribution in [3.63, 3.8) is 0 Å². The number of hydrogen-bond donors (Lipinski definition) is 2. The number of carbonyl (C=O) groups is 1. The normalized spacial score (nSPS) is 10.3. The van der Waals surface area contributed by atoms with Gasteiger partial charge >= 0.3 is 0 Å². The van der Waals surface area contributed by atoms with E-state index in [1.165, 1.54) is 0 Å². The summed E-state index contributed by atoms with van der Waals surface area (Å²) in [7, 11) is 0. The third-order valence-corrected chi connectivity index (χ3v) is 3.13. The Kier molecular flexibility index (Phi) is 6.97. The number of hydrogen-bond acceptors (Lipinski definition) is 3. The summed E-state index contributed by atoms with van der Waals surface area (Å²) < 4.78 is 0. The van der Waals surface area contributed by atoms with Crippen molar-refractivity contribution in [1.82, 2.24) is 5.32 Å². The van der Waals surface area contributed by atoms with Gasteiger partial charge in [0.15, 0.2) is 0 Å². The van der Waals surface area contributed by atoms with Gasteiger partial charge in [-0.25, -0.2) is 0 Å². The van der Waals surface area contributed by atoms with Crippen LogP contribution in [0.25, 0.3) is 0 Å². The van der Waals surface area contributed by atoms with Crippen LogP contribution in [-0.2, 0) is 0 Å². The number of carbonyl (C=O) groups excluding carboxylic acids is 1. The van der Waals surface area contributed by atoms with E-state index in [1.54, 1.807) is 0 Å². The minimum atomic E-state index is -0.0518. The van der Waals surface area contributed by atoms with Crippen molar-refractivity contribution >= 4 is 11.6 Å². The van der Waals surface area contributed by atoms with Crippen molar-refractivity contribution in [1.29, 1.82) is 0 Å². The molecule has 4 nitrogen and oxygen atoms in total. The van der Waals surface area contributed by atoms with Crippen LogP contribution in [0.5, 0.6) is 0 Å². The lowest BCUT2D eigenvalue weighted by molar-refractivity contribution is 0.0952. The number of rotatable bonds is 8. The van der Waals surface area contributed by atoms with E-state index in [0.29, 0.717) is 12.1 Å². The Morgan fingerprint density at radius 1 is 1.16 bits per heavy atom. The zero-order valence-corrected chi connectivity index (χ0v) is 11.9. The molecular weight excluding hydrogens is 240 g/mol. The summed E-state index contributed by atoms with van der Waals surface area (Å²) in [6.45, 7) is 6.94. The van der Waals surface area contributed by atoms with Gasteiger partial charge in [-0.05, 0) is 51.0 Å². The van der Waals surface area contributed by atoms with Crippen molar-refractivity contribution in [2.45, 2.75) is 26.7 Å². The predicted molar refractivity (Wildman–Crippen MR) is 78.7 cm³/mol. The fourth-order valence-electron chi connectivity index (χ4n) is 1.95. The number of anilines is 1. The minimum Gasteiger partial charge on any atom is -0.396 e. The molecule has 1 aromatic carbocycles. The summed E-state index contributed by atoms with van der Waals surface area (Å²) in [6.07, 6.45) is 1.53. The van der Waals surface area contributed by atoms with Gasteiger partial charge in [-0.3, -0.25) is 4.79 Å². The standard InChI is InChI=1S/C15H24N2O2/c1-3-17(4-2)14-9-7-13(8-10-14)15(19)16-11-5-6-12-18/h7-10,18H,3-6,11-12H2,1-2H3,(H,16,19). The average molecular weight is 264 g/mol. The molecule has 4 heteroatoms. The van der Waals surface area contributed by atoms with E-state index in [9.17, 15) is 4.79 Å². The summed E-state index contributed by atoms with van der Waals surface area (Å²) in [6, 6.07) is 7.68. The molecule has 0 heterocycles. The molecule has 0 aliphatic carbocycles. The maximum absolute atomic E-state index is 11.8. The molecule has 0 radical (unpaired) electrons. The lowest BCUT2D eigenvalue weighted by Crippen LogP contribution is -2.25. The molecule has 0 aromatic heterocycles. The first-order valence-electron chi connectivity index (χ1n) is 6.97. The molecular formula is C15H24N2O2. The highest BCUT2D eigenvalue weighted by molar-refractivity contribution is 5.94. The van der Waals surface area contributed by atoms with Crippen molar-refractivity contribution in [2.75, 3.05) is 31.1 Å². The Labute approximate surface area is 115 Å². The maximum atomic E-state index is 11.8. The lowest BCUT2D eigenvalue weighted by Gasteiger charge is -2.21. The van der Waals surface area contributed by atoms with E-state index in [2.05, 4.69) is 24.1 Å². The number of aliphatic hydroxyl groups excluding tert-OH is 1. The van der Waals surface area contributed by atoms with Crippen LogP contribution in [0.4, 0.5) is 5.69 Å². The fraction of sp³-hybridized carbons (Fsp3) is 0.533. The third-order valence-electron chi connectivity index (χ3n) is 3.13. The maximum Gasteiger partial charge on any atom is 0.251 e. The highest BCUT2D eigenvalue weighted by atomic mass is 16.2. The molecule has 1 rings (SSSR count). The summed E-state index contributed by atoms with van der Waals surface area (Å²) >= 11 is 0. The van der Waals surface area contributed by atoms with Crippen LogP contribution in [0.15, 0.2) is 24.3 Å². The molecule has 0 aliphatic heterocycles. The van der Waals surface area contributed by atoms with Gasteiger partial charge < -0.3 is 15.3 Å². The molecule has 106 valence electrons. The molecule has 19 heavy (non-hydrogen) atoms. The number of benzene rings is 1. The molecule has 0 saturated heterocycles. The van der Waals surface area contributed by atoms with E-state index < -0.39 is 0 Å². The molecule has 0 unspecified atom stereocenters. The van der Waals surface area contributed by atoms with Crippen LogP contribution >= 0.6 is 0 Å². The van der Waals surface area contributed by atoms with Gasteiger partial charge in [0, 0.05) is 37.5 Å². The Morgan fingerprint density at radius 2 is 1.79 bits per heavy atom. The van der Waals surface area contributed by atoms with Crippen molar-refractivity contribution in [3.05, 3.63) is 29.8 Å². The first-order chi connectivity index (χ1) is 9.22. The Morgan fingerprint density at radius 3 is 2.32 bits per heavy atom. The number of nitrogens with one attached hydrogen (secondary N) is 1. The molecule has 2 N–H and O–H groups in total. The summed E-state index contributed by atoms with van der Waals surface area (Å²) in [5.74, 6) is -0.0518. The zero-order chi connectivity index (χ0) is 14.1. The van der Waals surface area contributed by atoms with Gasteiger partial charge in [0.1, 0.15) is 0 Å². The molecule has 0 saturated carbocycles. The number of unbranched alkanes of at least 4 members (excludes halogenated alkanes) is 1. The topological polar surface area (TPSA) is 52.6 Å². The summed E-state index contributed by atoms with van der Waals surface area (Å²) in [5, 5.41) is 11.5. The minimum absolute atomic E-state index is 0.0518. The van der Waals surface area contributed by atoms with E-state index >= 15 is 0 Å².